The molecule has 1 amide bonds. The average molecular weight is 356 g/mol. The molecular weight excluding hydrogens is 330 g/mol. The number of benzene rings is 2. The molecule has 2 rings (SSSR count). The van der Waals surface area contributed by atoms with Crippen LogP contribution in [-0.4, -0.2) is 17.6 Å². The molecular formula is C20H25N3OS. The maximum absolute atomic E-state index is 12.4. The first-order valence-electron chi connectivity index (χ1n) is 8.36. The summed E-state index contributed by atoms with van der Waals surface area (Å²) in [6.45, 7) is 9.22. The smallest absolute Gasteiger partial charge is 0.255 e. The quantitative estimate of drug-likeness (QED) is 0.705. The van der Waals surface area contributed by atoms with Crippen molar-refractivity contribution in [1.29, 1.82) is 0 Å². The summed E-state index contributed by atoms with van der Waals surface area (Å²) in [6.07, 6.45) is 0. The van der Waals surface area contributed by atoms with E-state index in [-0.39, 0.29) is 11.3 Å². The Bertz CT molecular complexity index is 731. The number of thiocarbonyl (C=S) groups is 1. The maximum atomic E-state index is 12.4. The molecule has 4 nitrogen and oxygen atoms in total. The van der Waals surface area contributed by atoms with Crippen LogP contribution in [0.5, 0.6) is 0 Å². The Kier molecular flexibility index (Phi) is 6.15. The van der Waals surface area contributed by atoms with Crippen LogP contribution in [0.15, 0.2) is 48.5 Å². The van der Waals surface area contributed by atoms with Crippen molar-refractivity contribution in [3.8, 4) is 0 Å². The second kappa shape index (κ2) is 8.12. The lowest BCUT2D eigenvalue weighted by Crippen LogP contribution is -2.27. The molecule has 132 valence electrons. The van der Waals surface area contributed by atoms with Gasteiger partial charge in [-0.2, -0.15) is 0 Å². The number of hydrogen-bond donors (Lipinski definition) is 3. The van der Waals surface area contributed by atoms with Gasteiger partial charge in [-0.15, -0.1) is 0 Å². The van der Waals surface area contributed by atoms with Gasteiger partial charge in [-0.3, -0.25) is 4.79 Å². The third-order valence-corrected chi connectivity index (χ3v) is 4.00. The molecule has 2 aromatic carbocycles. The van der Waals surface area contributed by atoms with Crippen molar-refractivity contribution < 1.29 is 4.79 Å². The topological polar surface area (TPSA) is 53.2 Å². The largest absolute Gasteiger partial charge is 0.363 e. The number of carbonyl (C=O) groups excluding carboxylic acids is 1. The van der Waals surface area contributed by atoms with Crippen LogP contribution in [0, 0.1) is 0 Å². The Balaban J connectivity index is 1.99. The molecule has 0 radical (unpaired) electrons. The molecule has 0 aromatic heterocycles. The minimum Gasteiger partial charge on any atom is -0.363 e. The van der Waals surface area contributed by atoms with E-state index >= 15 is 0 Å². The molecule has 3 N–H and O–H groups in total. The van der Waals surface area contributed by atoms with Crippen LogP contribution < -0.4 is 16.0 Å². The first-order valence-corrected chi connectivity index (χ1v) is 8.77. The van der Waals surface area contributed by atoms with Gasteiger partial charge in [0, 0.05) is 23.5 Å². The molecule has 0 fully saturated rings. The molecule has 0 aliphatic rings. The van der Waals surface area contributed by atoms with E-state index in [4.69, 9.17) is 12.2 Å². The van der Waals surface area contributed by atoms with Crippen molar-refractivity contribution in [2.45, 2.75) is 33.1 Å². The summed E-state index contributed by atoms with van der Waals surface area (Å²) < 4.78 is 0. The van der Waals surface area contributed by atoms with E-state index in [1.54, 1.807) is 0 Å². The third kappa shape index (κ3) is 5.57. The van der Waals surface area contributed by atoms with Crippen LogP contribution in [0.3, 0.4) is 0 Å². The molecule has 0 atom stereocenters. The summed E-state index contributed by atoms with van der Waals surface area (Å²) in [5.74, 6) is -0.121. The minimum absolute atomic E-state index is 0.0745. The average Bonchev–Trinajstić information content (AvgIpc) is 2.56. The number of anilines is 2. The molecule has 0 aliphatic heterocycles. The molecule has 0 aliphatic carbocycles. The molecule has 0 heterocycles. The fourth-order valence-corrected chi connectivity index (χ4v) is 2.56. The lowest BCUT2D eigenvalue weighted by Gasteiger charge is -2.19. The standard InChI is InChI=1S/C20H25N3OS/c1-5-21-19(25)23-17-12-10-16(11-13-17)22-18(24)14-6-8-15(9-7-14)20(2,3)4/h6-13H,5H2,1-4H3,(H,22,24)(H2,21,23,25). The van der Waals surface area contributed by atoms with Crippen molar-refractivity contribution in [3.63, 3.8) is 0 Å². The van der Waals surface area contributed by atoms with Gasteiger partial charge in [0.25, 0.3) is 5.91 Å². The molecule has 5 heteroatoms. The minimum atomic E-state index is -0.121. The number of amides is 1. The van der Waals surface area contributed by atoms with Crippen LogP contribution in [-0.2, 0) is 5.41 Å². The summed E-state index contributed by atoms with van der Waals surface area (Å²) in [4.78, 5) is 12.4. The predicted molar refractivity (Wildman–Crippen MR) is 109 cm³/mol. The van der Waals surface area contributed by atoms with Crippen LogP contribution >= 0.6 is 12.2 Å². The van der Waals surface area contributed by atoms with Crippen molar-refractivity contribution in [2.24, 2.45) is 0 Å². The Labute approximate surface area is 155 Å². The van der Waals surface area contributed by atoms with Crippen LogP contribution in [0.2, 0.25) is 0 Å². The summed E-state index contributed by atoms with van der Waals surface area (Å²) >= 11 is 5.15. The van der Waals surface area contributed by atoms with E-state index < -0.39 is 0 Å². The predicted octanol–water partition coefficient (Wildman–Crippen LogP) is 4.54. The van der Waals surface area contributed by atoms with Crippen molar-refractivity contribution >= 4 is 34.6 Å². The van der Waals surface area contributed by atoms with Gasteiger partial charge in [0.2, 0.25) is 0 Å². The van der Waals surface area contributed by atoms with Gasteiger partial charge >= 0.3 is 0 Å². The first-order chi connectivity index (χ1) is 11.8. The Hall–Kier alpha value is -2.40. The number of hydrogen-bond acceptors (Lipinski definition) is 2. The van der Waals surface area contributed by atoms with Gasteiger partial charge in [-0.1, -0.05) is 32.9 Å². The fraction of sp³-hybridized carbons (Fsp3) is 0.300. The highest BCUT2D eigenvalue weighted by Crippen LogP contribution is 2.22. The molecule has 0 spiro atoms. The van der Waals surface area contributed by atoms with E-state index in [9.17, 15) is 4.79 Å². The van der Waals surface area contributed by atoms with Gasteiger partial charge in [0.15, 0.2) is 5.11 Å². The van der Waals surface area contributed by atoms with Crippen LogP contribution in [0.1, 0.15) is 43.6 Å². The second-order valence-electron chi connectivity index (χ2n) is 6.84. The molecule has 2 aromatic rings. The van der Waals surface area contributed by atoms with Gasteiger partial charge < -0.3 is 16.0 Å². The zero-order valence-corrected chi connectivity index (χ0v) is 16.0. The highest BCUT2D eigenvalue weighted by atomic mass is 32.1. The second-order valence-corrected chi connectivity index (χ2v) is 7.25. The van der Waals surface area contributed by atoms with E-state index in [1.807, 2.05) is 55.5 Å². The van der Waals surface area contributed by atoms with Gasteiger partial charge in [-0.25, -0.2) is 0 Å². The van der Waals surface area contributed by atoms with Gasteiger partial charge in [0.05, 0.1) is 0 Å². The summed E-state index contributed by atoms with van der Waals surface area (Å²) in [5, 5.41) is 9.60. The fourth-order valence-electron chi connectivity index (χ4n) is 2.30. The molecule has 25 heavy (non-hydrogen) atoms. The Morgan fingerprint density at radius 2 is 1.44 bits per heavy atom. The van der Waals surface area contributed by atoms with Crippen LogP contribution in [0.4, 0.5) is 11.4 Å². The first kappa shape index (κ1) is 18.9. The van der Waals surface area contributed by atoms with E-state index in [0.717, 1.165) is 17.9 Å². The lowest BCUT2D eigenvalue weighted by atomic mass is 9.87. The monoisotopic (exact) mass is 355 g/mol. The Morgan fingerprint density at radius 1 is 0.920 bits per heavy atom. The molecule has 0 saturated carbocycles. The third-order valence-electron chi connectivity index (χ3n) is 3.75. The van der Waals surface area contributed by atoms with E-state index in [0.29, 0.717) is 10.7 Å². The highest BCUT2D eigenvalue weighted by molar-refractivity contribution is 7.80. The molecule has 0 bridgehead atoms. The van der Waals surface area contributed by atoms with Gasteiger partial charge in [-0.05, 0) is 66.5 Å². The van der Waals surface area contributed by atoms with Crippen molar-refractivity contribution in [3.05, 3.63) is 59.7 Å². The zero-order chi connectivity index (χ0) is 18.4. The zero-order valence-electron chi connectivity index (χ0n) is 15.1. The summed E-state index contributed by atoms with van der Waals surface area (Å²) in [7, 11) is 0. The van der Waals surface area contributed by atoms with E-state index in [1.165, 1.54) is 5.56 Å². The molecule has 0 saturated heterocycles. The lowest BCUT2D eigenvalue weighted by molar-refractivity contribution is 0.102. The van der Waals surface area contributed by atoms with Crippen molar-refractivity contribution in [1.82, 2.24) is 5.32 Å². The van der Waals surface area contributed by atoms with Gasteiger partial charge in [0.1, 0.15) is 0 Å². The number of nitrogens with one attached hydrogen (secondary N) is 3. The maximum Gasteiger partial charge on any atom is 0.255 e. The van der Waals surface area contributed by atoms with Crippen molar-refractivity contribution in [2.75, 3.05) is 17.2 Å². The Morgan fingerprint density at radius 3 is 1.92 bits per heavy atom. The number of rotatable bonds is 4. The van der Waals surface area contributed by atoms with Crippen LogP contribution in [0.25, 0.3) is 0 Å². The SMILES string of the molecule is CCNC(=S)Nc1ccc(NC(=O)c2ccc(C(C)(C)C)cc2)cc1. The molecule has 0 unspecified atom stereocenters. The highest BCUT2D eigenvalue weighted by Gasteiger charge is 2.14. The summed E-state index contributed by atoms with van der Waals surface area (Å²) in [6, 6.07) is 15.2. The normalized spacial score (nSPS) is 10.9. The van der Waals surface area contributed by atoms with E-state index in [2.05, 4.69) is 36.7 Å². The number of carbonyl (C=O) groups is 1. The summed E-state index contributed by atoms with van der Waals surface area (Å²) in [5.41, 5.74) is 3.54.